The molecule has 1 saturated heterocycles. The molecule has 19 heavy (non-hydrogen) atoms. The number of rotatable bonds is 3. The molecule has 1 aliphatic heterocycles. The lowest BCUT2D eigenvalue weighted by molar-refractivity contribution is 0.167. The normalized spacial score (nSPS) is 19.4. The van der Waals surface area contributed by atoms with Crippen molar-refractivity contribution in [1.82, 2.24) is 4.90 Å². The van der Waals surface area contributed by atoms with Gasteiger partial charge in [0.1, 0.15) is 0 Å². The maximum atomic E-state index is 6.02. The molecule has 0 bridgehead atoms. The van der Waals surface area contributed by atoms with Crippen LogP contribution >= 0.6 is 0 Å². The molecule has 0 saturated carbocycles. The smallest absolute Gasteiger partial charge is 0.0470 e. The fourth-order valence-electron chi connectivity index (χ4n) is 2.93. The highest BCUT2D eigenvalue weighted by Crippen LogP contribution is 2.27. The van der Waals surface area contributed by atoms with Gasteiger partial charge in [-0.05, 0) is 42.5 Å². The first-order chi connectivity index (χ1) is 9.02. The van der Waals surface area contributed by atoms with Crippen molar-refractivity contribution < 1.29 is 0 Å². The Balaban J connectivity index is 2.14. The number of nitrogens with zero attached hydrogens (tertiary/aromatic N) is 1. The summed E-state index contributed by atoms with van der Waals surface area (Å²) in [5.74, 6) is 0. The first-order valence-corrected chi connectivity index (χ1v) is 7.57. The minimum Gasteiger partial charge on any atom is -0.329 e. The molecule has 1 aromatic rings. The second kappa shape index (κ2) is 6.06. The summed E-state index contributed by atoms with van der Waals surface area (Å²) in [5, 5.41) is 0. The zero-order valence-electron chi connectivity index (χ0n) is 12.7. The van der Waals surface area contributed by atoms with Gasteiger partial charge in [0.2, 0.25) is 0 Å². The van der Waals surface area contributed by atoms with Crippen molar-refractivity contribution in [1.29, 1.82) is 0 Å². The molecule has 1 aromatic carbocycles. The van der Waals surface area contributed by atoms with Crippen molar-refractivity contribution in [2.75, 3.05) is 19.6 Å². The van der Waals surface area contributed by atoms with E-state index in [4.69, 9.17) is 5.73 Å². The molecule has 2 nitrogen and oxygen atoms in total. The maximum absolute atomic E-state index is 6.02. The van der Waals surface area contributed by atoms with Crippen molar-refractivity contribution >= 4 is 0 Å². The van der Waals surface area contributed by atoms with Crippen LogP contribution in [0.15, 0.2) is 24.3 Å². The van der Waals surface area contributed by atoms with Gasteiger partial charge in [0.15, 0.2) is 0 Å². The van der Waals surface area contributed by atoms with Gasteiger partial charge in [0.25, 0.3) is 0 Å². The molecular formula is C17H28N2. The van der Waals surface area contributed by atoms with E-state index < -0.39 is 0 Å². The average Bonchev–Trinajstić information content (AvgIpc) is 2.40. The van der Waals surface area contributed by atoms with Gasteiger partial charge in [0, 0.05) is 12.6 Å². The molecule has 2 N–H and O–H groups in total. The summed E-state index contributed by atoms with van der Waals surface area (Å²) in [6.45, 7) is 9.88. The third-order valence-electron chi connectivity index (χ3n) is 4.22. The Labute approximate surface area is 118 Å². The third kappa shape index (κ3) is 3.58. The van der Waals surface area contributed by atoms with E-state index in [9.17, 15) is 0 Å². The van der Waals surface area contributed by atoms with E-state index >= 15 is 0 Å². The van der Waals surface area contributed by atoms with E-state index in [0.717, 1.165) is 6.54 Å². The highest BCUT2D eigenvalue weighted by Gasteiger charge is 2.21. The SMILES string of the molecule is CC(C)(C)c1ccc([C@H](CN)N2CCCCC2)cc1. The highest BCUT2D eigenvalue weighted by molar-refractivity contribution is 5.29. The lowest BCUT2D eigenvalue weighted by atomic mass is 9.86. The number of nitrogens with two attached hydrogens (primary N) is 1. The minimum absolute atomic E-state index is 0.224. The van der Waals surface area contributed by atoms with Gasteiger partial charge in [-0.3, -0.25) is 4.90 Å². The Hall–Kier alpha value is -0.860. The fraction of sp³-hybridized carbons (Fsp3) is 0.647. The highest BCUT2D eigenvalue weighted by atomic mass is 15.2. The Morgan fingerprint density at radius 3 is 2.11 bits per heavy atom. The quantitative estimate of drug-likeness (QED) is 0.901. The van der Waals surface area contributed by atoms with Crippen molar-refractivity contribution in [3.8, 4) is 0 Å². The summed E-state index contributed by atoms with van der Waals surface area (Å²) in [6.07, 6.45) is 4.00. The Kier molecular flexibility index (Phi) is 4.64. The molecule has 1 aliphatic rings. The van der Waals surface area contributed by atoms with Crippen molar-refractivity contribution in [3.63, 3.8) is 0 Å². The largest absolute Gasteiger partial charge is 0.329 e. The molecule has 1 fully saturated rings. The first kappa shape index (κ1) is 14.5. The second-order valence-electron chi connectivity index (χ2n) is 6.72. The minimum atomic E-state index is 0.224. The van der Waals surface area contributed by atoms with E-state index in [1.165, 1.54) is 43.5 Å². The summed E-state index contributed by atoms with van der Waals surface area (Å²) >= 11 is 0. The molecule has 2 rings (SSSR count). The fourth-order valence-corrected chi connectivity index (χ4v) is 2.93. The molecule has 0 aliphatic carbocycles. The van der Waals surface area contributed by atoms with Crippen LogP contribution in [0.1, 0.15) is 57.2 Å². The van der Waals surface area contributed by atoms with Crippen LogP contribution in [-0.2, 0) is 5.41 Å². The molecule has 0 unspecified atom stereocenters. The lowest BCUT2D eigenvalue weighted by Gasteiger charge is -2.34. The van der Waals surface area contributed by atoms with Gasteiger partial charge in [-0.25, -0.2) is 0 Å². The number of hydrogen-bond donors (Lipinski definition) is 1. The van der Waals surface area contributed by atoms with Crippen molar-refractivity contribution in [2.24, 2.45) is 5.73 Å². The van der Waals surface area contributed by atoms with Crippen LogP contribution in [0.3, 0.4) is 0 Å². The standard InChI is InChI=1S/C17H28N2/c1-17(2,3)15-9-7-14(8-10-15)16(13-18)19-11-5-4-6-12-19/h7-10,16H,4-6,11-13,18H2,1-3H3/t16-/m0/s1. The van der Waals surface area contributed by atoms with Gasteiger partial charge in [0.05, 0.1) is 0 Å². The Morgan fingerprint density at radius 1 is 1.05 bits per heavy atom. The summed E-state index contributed by atoms with van der Waals surface area (Å²) < 4.78 is 0. The summed E-state index contributed by atoms with van der Waals surface area (Å²) in [6, 6.07) is 9.47. The molecule has 0 spiro atoms. The zero-order valence-corrected chi connectivity index (χ0v) is 12.7. The van der Waals surface area contributed by atoms with E-state index in [1.807, 2.05) is 0 Å². The molecule has 1 heterocycles. The number of likely N-dealkylation sites (tertiary alicyclic amines) is 1. The first-order valence-electron chi connectivity index (χ1n) is 7.57. The Bertz CT molecular complexity index is 383. The topological polar surface area (TPSA) is 29.3 Å². The van der Waals surface area contributed by atoms with Crippen LogP contribution in [0.5, 0.6) is 0 Å². The van der Waals surface area contributed by atoms with Gasteiger partial charge in [-0.2, -0.15) is 0 Å². The van der Waals surface area contributed by atoms with Crippen LogP contribution in [0.25, 0.3) is 0 Å². The van der Waals surface area contributed by atoms with Crippen molar-refractivity contribution in [2.45, 2.75) is 51.5 Å². The van der Waals surface area contributed by atoms with Crippen LogP contribution in [-0.4, -0.2) is 24.5 Å². The van der Waals surface area contributed by atoms with Gasteiger partial charge in [-0.1, -0.05) is 51.5 Å². The monoisotopic (exact) mass is 260 g/mol. The third-order valence-corrected chi connectivity index (χ3v) is 4.22. The predicted molar refractivity (Wildman–Crippen MR) is 82.4 cm³/mol. The summed E-state index contributed by atoms with van der Waals surface area (Å²) in [5.41, 5.74) is 9.01. The summed E-state index contributed by atoms with van der Waals surface area (Å²) in [4.78, 5) is 2.55. The molecule has 0 aromatic heterocycles. The maximum Gasteiger partial charge on any atom is 0.0470 e. The lowest BCUT2D eigenvalue weighted by Crippen LogP contribution is -2.37. The predicted octanol–water partition coefficient (Wildman–Crippen LogP) is 3.47. The molecule has 106 valence electrons. The molecule has 1 atom stereocenters. The van der Waals surface area contributed by atoms with E-state index in [0.29, 0.717) is 6.04 Å². The molecule has 2 heteroatoms. The van der Waals surface area contributed by atoms with Gasteiger partial charge in [-0.15, -0.1) is 0 Å². The molecule has 0 radical (unpaired) electrons. The van der Waals surface area contributed by atoms with Gasteiger partial charge >= 0.3 is 0 Å². The van der Waals surface area contributed by atoms with Crippen molar-refractivity contribution in [3.05, 3.63) is 35.4 Å². The van der Waals surface area contributed by atoms with E-state index in [2.05, 4.69) is 49.9 Å². The van der Waals surface area contributed by atoms with E-state index in [-0.39, 0.29) is 5.41 Å². The summed E-state index contributed by atoms with van der Waals surface area (Å²) in [7, 11) is 0. The molecular weight excluding hydrogens is 232 g/mol. The van der Waals surface area contributed by atoms with Crippen LogP contribution < -0.4 is 5.73 Å². The Morgan fingerprint density at radius 2 is 1.63 bits per heavy atom. The second-order valence-corrected chi connectivity index (χ2v) is 6.72. The number of benzene rings is 1. The average molecular weight is 260 g/mol. The zero-order chi connectivity index (χ0) is 13.9. The van der Waals surface area contributed by atoms with Crippen LogP contribution in [0.4, 0.5) is 0 Å². The van der Waals surface area contributed by atoms with Gasteiger partial charge < -0.3 is 5.73 Å². The van der Waals surface area contributed by atoms with Crippen LogP contribution in [0.2, 0.25) is 0 Å². The van der Waals surface area contributed by atoms with Crippen LogP contribution in [0, 0.1) is 0 Å². The number of piperidine rings is 1. The molecule has 0 amide bonds. The van der Waals surface area contributed by atoms with E-state index in [1.54, 1.807) is 0 Å². The number of hydrogen-bond acceptors (Lipinski definition) is 2.